The Morgan fingerprint density at radius 1 is 1.32 bits per heavy atom. The van der Waals surface area contributed by atoms with Crippen molar-refractivity contribution in [2.24, 2.45) is 0 Å². The van der Waals surface area contributed by atoms with Crippen LogP contribution in [-0.2, 0) is 4.79 Å². The van der Waals surface area contributed by atoms with Crippen LogP contribution in [0.1, 0.15) is 17.3 Å². The molecular formula is C13H9N3O2S. The van der Waals surface area contributed by atoms with Crippen LogP contribution in [0.2, 0.25) is 0 Å². The summed E-state index contributed by atoms with van der Waals surface area (Å²) in [6, 6.07) is 5.23. The molecule has 1 aliphatic heterocycles. The summed E-state index contributed by atoms with van der Waals surface area (Å²) in [5, 5.41) is 0.684. The highest BCUT2D eigenvalue weighted by atomic mass is 32.2. The van der Waals surface area contributed by atoms with Gasteiger partial charge in [0, 0.05) is 29.8 Å². The van der Waals surface area contributed by atoms with Crippen molar-refractivity contribution in [1.82, 2.24) is 9.97 Å². The number of amides is 1. The van der Waals surface area contributed by atoms with E-state index in [1.165, 1.54) is 23.6 Å². The fourth-order valence-corrected chi connectivity index (χ4v) is 2.90. The van der Waals surface area contributed by atoms with E-state index in [2.05, 4.69) is 9.97 Å². The summed E-state index contributed by atoms with van der Waals surface area (Å²) < 4.78 is 0. The van der Waals surface area contributed by atoms with Crippen LogP contribution < -0.4 is 4.90 Å². The van der Waals surface area contributed by atoms with Crippen LogP contribution in [0.4, 0.5) is 11.5 Å². The molecule has 0 fully saturated rings. The molecule has 0 saturated carbocycles. The molecule has 0 spiro atoms. The van der Waals surface area contributed by atoms with E-state index in [0.29, 0.717) is 22.1 Å². The van der Waals surface area contributed by atoms with Crippen molar-refractivity contribution in [1.29, 1.82) is 0 Å². The predicted molar refractivity (Wildman–Crippen MR) is 70.8 cm³/mol. The lowest BCUT2D eigenvalue weighted by atomic mass is 10.2. The lowest BCUT2D eigenvalue weighted by molar-refractivity contribution is -0.115. The van der Waals surface area contributed by atoms with Gasteiger partial charge >= 0.3 is 0 Å². The quantitative estimate of drug-likeness (QED) is 0.745. The van der Waals surface area contributed by atoms with Crippen molar-refractivity contribution in [3.8, 4) is 0 Å². The Kier molecular flexibility index (Phi) is 2.79. The Hall–Kier alpha value is -2.21. The standard InChI is InChI=1S/C13H9N3O2S/c1-8(18)16-10-6-9(7-17)2-3-11(10)19-13-12(16)14-4-5-15-13/h2-7H,1H3. The Morgan fingerprint density at radius 2 is 2.11 bits per heavy atom. The number of carbonyl (C=O) groups is 2. The second kappa shape index (κ2) is 4.47. The maximum absolute atomic E-state index is 11.9. The van der Waals surface area contributed by atoms with E-state index in [4.69, 9.17) is 0 Å². The van der Waals surface area contributed by atoms with Crippen LogP contribution >= 0.6 is 11.8 Å². The van der Waals surface area contributed by atoms with Crippen molar-refractivity contribution < 1.29 is 9.59 Å². The van der Waals surface area contributed by atoms with Gasteiger partial charge in [0.15, 0.2) is 5.82 Å². The molecule has 1 amide bonds. The monoisotopic (exact) mass is 271 g/mol. The normalized spacial score (nSPS) is 12.6. The number of benzene rings is 1. The number of rotatable bonds is 1. The summed E-state index contributed by atoms with van der Waals surface area (Å²) in [6.07, 6.45) is 3.90. The van der Waals surface area contributed by atoms with Gasteiger partial charge in [-0.25, -0.2) is 9.97 Å². The van der Waals surface area contributed by atoms with Gasteiger partial charge in [-0.05, 0) is 12.1 Å². The molecule has 1 aliphatic rings. The van der Waals surface area contributed by atoms with Crippen molar-refractivity contribution >= 4 is 35.5 Å². The average molecular weight is 271 g/mol. The van der Waals surface area contributed by atoms with Gasteiger partial charge in [-0.1, -0.05) is 17.8 Å². The van der Waals surface area contributed by atoms with Gasteiger partial charge in [0.05, 0.1) is 5.69 Å². The molecule has 1 aromatic carbocycles. The third-order valence-corrected chi connectivity index (χ3v) is 3.79. The molecule has 0 N–H and O–H groups in total. The minimum atomic E-state index is -0.161. The first kappa shape index (κ1) is 11.9. The number of fused-ring (bicyclic) bond motifs is 2. The molecule has 2 heterocycles. The third kappa shape index (κ3) is 1.90. The molecule has 6 heteroatoms. The highest BCUT2D eigenvalue weighted by Gasteiger charge is 2.28. The minimum Gasteiger partial charge on any atom is -0.298 e. The molecule has 19 heavy (non-hydrogen) atoms. The Labute approximate surface area is 113 Å². The lowest BCUT2D eigenvalue weighted by Crippen LogP contribution is -2.27. The van der Waals surface area contributed by atoms with E-state index in [1.54, 1.807) is 24.5 Å². The number of anilines is 2. The first-order chi connectivity index (χ1) is 9.20. The second-order valence-electron chi connectivity index (χ2n) is 3.99. The summed E-state index contributed by atoms with van der Waals surface area (Å²) in [7, 11) is 0. The molecule has 3 rings (SSSR count). The molecule has 0 atom stereocenters. The smallest absolute Gasteiger partial charge is 0.229 e. The SMILES string of the molecule is CC(=O)N1c2cc(C=O)ccc2Sc2nccnc21. The first-order valence-corrected chi connectivity index (χ1v) is 6.41. The van der Waals surface area contributed by atoms with E-state index in [-0.39, 0.29) is 5.91 Å². The van der Waals surface area contributed by atoms with Crippen molar-refractivity contribution in [2.75, 3.05) is 4.90 Å². The van der Waals surface area contributed by atoms with E-state index in [1.807, 2.05) is 6.07 Å². The van der Waals surface area contributed by atoms with Crippen molar-refractivity contribution in [2.45, 2.75) is 16.8 Å². The number of aromatic nitrogens is 2. The van der Waals surface area contributed by atoms with Crippen LogP contribution in [0.3, 0.4) is 0 Å². The number of nitrogens with zero attached hydrogens (tertiary/aromatic N) is 3. The minimum absolute atomic E-state index is 0.161. The Bertz CT molecular complexity index is 687. The van der Waals surface area contributed by atoms with Crippen molar-refractivity contribution in [3.05, 3.63) is 36.2 Å². The molecule has 0 saturated heterocycles. The highest BCUT2D eigenvalue weighted by Crippen LogP contribution is 2.46. The first-order valence-electron chi connectivity index (χ1n) is 5.59. The van der Waals surface area contributed by atoms with Crippen LogP contribution in [0.15, 0.2) is 40.5 Å². The molecule has 2 aromatic rings. The van der Waals surface area contributed by atoms with Gasteiger partial charge in [0.2, 0.25) is 5.91 Å². The van der Waals surface area contributed by atoms with E-state index < -0.39 is 0 Å². The Balaban J connectivity index is 2.23. The van der Waals surface area contributed by atoms with Gasteiger partial charge in [-0.15, -0.1) is 0 Å². The summed E-state index contributed by atoms with van der Waals surface area (Å²) in [4.78, 5) is 33.6. The maximum atomic E-state index is 11.9. The fourth-order valence-electron chi connectivity index (χ4n) is 1.95. The second-order valence-corrected chi connectivity index (χ2v) is 5.02. The van der Waals surface area contributed by atoms with E-state index >= 15 is 0 Å². The number of aldehydes is 1. The van der Waals surface area contributed by atoms with E-state index in [9.17, 15) is 9.59 Å². The van der Waals surface area contributed by atoms with Gasteiger partial charge in [0.1, 0.15) is 11.3 Å². The third-order valence-electron chi connectivity index (χ3n) is 2.74. The number of carbonyl (C=O) groups excluding carboxylic acids is 2. The molecule has 5 nitrogen and oxygen atoms in total. The maximum Gasteiger partial charge on any atom is 0.229 e. The zero-order chi connectivity index (χ0) is 13.4. The largest absolute Gasteiger partial charge is 0.298 e. The number of hydrogen-bond donors (Lipinski definition) is 0. The summed E-state index contributed by atoms with van der Waals surface area (Å²) in [5.41, 5.74) is 1.20. The lowest BCUT2D eigenvalue weighted by Gasteiger charge is -2.28. The fraction of sp³-hybridized carbons (Fsp3) is 0.0769. The zero-order valence-electron chi connectivity index (χ0n) is 10.0. The van der Waals surface area contributed by atoms with Crippen LogP contribution in [0.5, 0.6) is 0 Å². The summed E-state index contributed by atoms with van der Waals surface area (Å²) >= 11 is 1.44. The number of hydrogen-bond acceptors (Lipinski definition) is 5. The van der Waals surface area contributed by atoms with Gasteiger partial charge in [0.25, 0.3) is 0 Å². The molecule has 1 aromatic heterocycles. The van der Waals surface area contributed by atoms with Crippen LogP contribution in [0.25, 0.3) is 0 Å². The Morgan fingerprint density at radius 3 is 2.84 bits per heavy atom. The van der Waals surface area contributed by atoms with Crippen LogP contribution in [0, 0.1) is 0 Å². The molecule has 94 valence electrons. The molecule has 0 aliphatic carbocycles. The summed E-state index contributed by atoms with van der Waals surface area (Å²) in [5.74, 6) is 0.349. The molecule has 0 unspecified atom stereocenters. The van der Waals surface area contributed by atoms with Crippen molar-refractivity contribution in [3.63, 3.8) is 0 Å². The molecule has 0 bridgehead atoms. The van der Waals surface area contributed by atoms with E-state index in [0.717, 1.165) is 11.2 Å². The molecular weight excluding hydrogens is 262 g/mol. The molecule has 0 radical (unpaired) electrons. The van der Waals surface area contributed by atoms with Gasteiger partial charge in [-0.2, -0.15) is 0 Å². The average Bonchev–Trinajstić information content (AvgIpc) is 2.43. The van der Waals surface area contributed by atoms with Gasteiger partial charge < -0.3 is 0 Å². The zero-order valence-corrected chi connectivity index (χ0v) is 10.8. The topological polar surface area (TPSA) is 63.2 Å². The van der Waals surface area contributed by atoms with Crippen LogP contribution in [-0.4, -0.2) is 22.2 Å². The highest BCUT2D eigenvalue weighted by molar-refractivity contribution is 7.99. The summed E-state index contributed by atoms with van der Waals surface area (Å²) in [6.45, 7) is 1.46. The predicted octanol–water partition coefficient (Wildman–Crippen LogP) is 2.44. The van der Waals surface area contributed by atoms with Gasteiger partial charge in [-0.3, -0.25) is 14.5 Å².